The third-order valence-electron chi connectivity index (χ3n) is 3.49. The lowest BCUT2D eigenvalue weighted by molar-refractivity contribution is -0.153. The molecule has 1 saturated carbocycles. The molecule has 1 aliphatic rings. The van der Waals surface area contributed by atoms with Crippen LogP contribution in [0.25, 0.3) is 0 Å². The summed E-state index contributed by atoms with van der Waals surface area (Å²) in [6.07, 6.45) is 1.88. The number of nitrogens with one attached hydrogen (secondary N) is 1. The number of hydrogen-bond donors (Lipinski definition) is 2. The highest BCUT2D eigenvalue weighted by Crippen LogP contribution is 2.40. The van der Waals surface area contributed by atoms with E-state index < -0.39 is 21.4 Å². The number of aliphatic carboxylic acids is 1. The minimum Gasteiger partial charge on any atom is -0.481 e. The predicted octanol–water partition coefficient (Wildman–Crippen LogP) is 1.82. The number of carboxylic acid groups (broad SMARTS) is 1. The Kier molecular flexibility index (Phi) is 4.17. The Morgan fingerprint density at radius 1 is 1.32 bits per heavy atom. The predicted molar refractivity (Wildman–Crippen MR) is 78.3 cm³/mol. The zero-order chi connectivity index (χ0) is 14.1. The van der Waals surface area contributed by atoms with Crippen LogP contribution < -0.4 is 4.72 Å². The van der Waals surface area contributed by atoms with Gasteiger partial charge in [-0.3, -0.25) is 4.79 Å². The molecule has 1 aliphatic carbocycles. The lowest BCUT2D eigenvalue weighted by Gasteiger charge is -2.37. The molecule has 7 heteroatoms. The Morgan fingerprint density at radius 2 is 1.89 bits per heavy atom. The maximum absolute atomic E-state index is 12.0. The molecule has 0 amide bonds. The van der Waals surface area contributed by atoms with E-state index in [1.165, 1.54) is 12.1 Å². The zero-order valence-electron chi connectivity index (χ0n) is 10.1. The summed E-state index contributed by atoms with van der Waals surface area (Å²) < 4.78 is 27.4. The Balaban J connectivity index is 2.10. The van der Waals surface area contributed by atoms with Gasteiger partial charge in [-0.15, -0.1) is 0 Å². The fourth-order valence-electron chi connectivity index (χ4n) is 2.00. The van der Waals surface area contributed by atoms with Gasteiger partial charge < -0.3 is 5.11 Å². The molecule has 0 heterocycles. The van der Waals surface area contributed by atoms with Gasteiger partial charge in [0.25, 0.3) is 0 Å². The molecule has 1 aromatic carbocycles. The average molecular weight is 395 g/mol. The number of hydrogen-bond acceptors (Lipinski definition) is 3. The van der Waals surface area contributed by atoms with E-state index in [1.807, 2.05) is 0 Å². The number of benzene rings is 1. The van der Waals surface area contributed by atoms with E-state index in [1.54, 1.807) is 12.1 Å². The second-order valence-corrected chi connectivity index (χ2v) is 7.73. The van der Waals surface area contributed by atoms with Gasteiger partial charge >= 0.3 is 5.97 Å². The van der Waals surface area contributed by atoms with Crippen LogP contribution in [0.5, 0.6) is 0 Å². The van der Waals surface area contributed by atoms with Gasteiger partial charge in [0.05, 0.1) is 10.3 Å². The van der Waals surface area contributed by atoms with E-state index in [-0.39, 0.29) is 11.4 Å². The van der Waals surface area contributed by atoms with Crippen LogP contribution in [0.2, 0.25) is 0 Å². The van der Waals surface area contributed by atoms with Crippen LogP contribution >= 0.6 is 22.6 Å². The summed E-state index contributed by atoms with van der Waals surface area (Å²) in [5, 5.41) is 9.15. The van der Waals surface area contributed by atoms with Crippen molar-refractivity contribution in [3.05, 3.63) is 27.8 Å². The van der Waals surface area contributed by atoms with Crippen molar-refractivity contribution in [3.63, 3.8) is 0 Å². The minimum atomic E-state index is -3.64. The standard InChI is InChI=1S/C12H14INO4S/c13-9-2-4-10(5-3-9)19(17,18)14-8-12(11(15)16)6-1-7-12/h2-5,14H,1,6-8H2,(H,15,16). The maximum atomic E-state index is 12.0. The fraction of sp³-hybridized carbons (Fsp3) is 0.417. The molecule has 5 nitrogen and oxygen atoms in total. The second-order valence-electron chi connectivity index (χ2n) is 4.72. The molecular formula is C12H14INO4S. The second kappa shape index (κ2) is 5.37. The topological polar surface area (TPSA) is 83.5 Å². The third-order valence-corrected chi connectivity index (χ3v) is 5.63. The van der Waals surface area contributed by atoms with Gasteiger partial charge in [0.1, 0.15) is 0 Å². The molecule has 0 atom stereocenters. The zero-order valence-corrected chi connectivity index (χ0v) is 13.1. The highest BCUT2D eigenvalue weighted by Gasteiger charge is 2.44. The fourth-order valence-corrected chi connectivity index (χ4v) is 3.49. The quantitative estimate of drug-likeness (QED) is 0.746. The van der Waals surface area contributed by atoms with Crippen molar-refractivity contribution in [1.82, 2.24) is 4.72 Å². The van der Waals surface area contributed by atoms with E-state index in [0.29, 0.717) is 12.8 Å². The van der Waals surface area contributed by atoms with Crippen molar-refractivity contribution in [2.24, 2.45) is 5.41 Å². The van der Waals surface area contributed by atoms with Crippen molar-refractivity contribution in [2.75, 3.05) is 6.54 Å². The Hall–Kier alpha value is -0.670. The first-order valence-corrected chi connectivity index (χ1v) is 8.41. The van der Waals surface area contributed by atoms with Gasteiger partial charge in [-0.05, 0) is 59.7 Å². The highest BCUT2D eigenvalue weighted by molar-refractivity contribution is 14.1. The molecule has 0 bridgehead atoms. The smallest absolute Gasteiger partial charge is 0.310 e. The molecule has 1 aromatic rings. The molecule has 2 rings (SSSR count). The molecule has 19 heavy (non-hydrogen) atoms. The summed E-state index contributed by atoms with van der Waals surface area (Å²) in [5.41, 5.74) is -0.920. The average Bonchev–Trinajstić information content (AvgIpc) is 2.27. The molecule has 0 spiro atoms. The Labute approximate surface area is 125 Å². The van der Waals surface area contributed by atoms with E-state index in [9.17, 15) is 13.2 Å². The summed E-state index contributed by atoms with van der Waals surface area (Å²) in [7, 11) is -3.64. The third kappa shape index (κ3) is 3.09. The molecule has 1 fully saturated rings. The monoisotopic (exact) mass is 395 g/mol. The molecule has 104 valence electrons. The highest BCUT2D eigenvalue weighted by atomic mass is 127. The molecular weight excluding hydrogens is 381 g/mol. The van der Waals surface area contributed by atoms with Gasteiger partial charge in [0.2, 0.25) is 10.0 Å². The molecule has 0 saturated heterocycles. The largest absolute Gasteiger partial charge is 0.481 e. The summed E-state index contributed by atoms with van der Waals surface area (Å²) in [5.74, 6) is -0.927. The molecule has 0 aliphatic heterocycles. The van der Waals surface area contributed by atoms with Gasteiger partial charge in [-0.2, -0.15) is 0 Å². The van der Waals surface area contributed by atoms with Gasteiger partial charge in [-0.1, -0.05) is 6.42 Å². The van der Waals surface area contributed by atoms with Crippen molar-refractivity contribution >= 4 is 38.6 Å². The van der Waals surface area contributed by atoms with E-state index in [4.69, 9.17) is 5.11 Å². The first kappa shape index (κ1) is 14.7. The molecule has 0 aromatic heterocycles. The molecule has 0 radical (unpaired) electrons. The van der Waals surface area contributed by atoms with Gasteiger partial charge in [0.15, 0.2) is 0 Å². The van der Waals surface area contributed by atoms with Crippen LogP contribution in [-0.2, 0) is 14.8 Å². The summed E-state index contributed by atoms with van der Waals surface area (Å²) in [4.78, 5) is 11.3. The van der Waals surface area contributed by atoms with Crippen molar-refractivity contribution in [1.29, 1.82) is 0 Å². The first-order chi connectivity index (χ1) is 8.86. The first-order valence-electron chi connectivity index (χ1n) is 5.84. The van der Waals surface area contributed by atoms with Crippen LogP contribution in [0.15, 0.2) is 29.2 Å². The van der Waals surface area contributed by atoms with Crippen LogP contribution in [0.1, 0.15) is 19.3 Å². The van der Waals surface area contributed by atoms with Crippen molar-refractivity contribution < 1.29 is 18.3 Å². The van der Waals surface area contributed by atoms with Crippen LogP contribution in [0.4, 0.5) is 0 Å². The van der Waals surface area contributed by atoms with E-state index in [2.05, 4.69) is 27.3 Å². The minimum absolute atomic E-state index is 0.0450. The van der Waals surface area contributed by atoms with Crippen molar-refractivity contribution in [3.8, 4) is 0 Å². The van der Waals surface area contributed by atoms with Gasteiger partial charge in [-0.25, -0.2) is 13.1 Å². The van der Waals surface area contributed by atoms with Gasteiger partial charge in [0, 0.05) is 10.1 Å². The Bertz CT molecular complexity index is 578. The number of carboxylic acids is 1. The van der Waals surface area contributed by atoms with E-state index >= 15 is 0 Å². The maximum Gasteiger partial charge on any atom is 0.310 e. The normalized spacial score (nSPS) is 17.7. The summed E-state index contributed by atoms with van der Waals surface area (Å²) in [6.45, 7) is -0.0450. The van der Waals surface area contributed by atoms with Crippen LogP contribution in [-0.4, -0.2) is 26.0 Å². The van der Waals surface area contributed by atoms with Crippen LogP contribution in [0.3, 0.4) is 0 Å². The molecule has 2 N–H and O–H groups in total. The number of sulfonamides is 1. The number of rotatable bonds is 5. The van der Waals surface area contributed by atoms with Crippen molar-refractivity contribution in [2.45, 2.75) is 24.2 Å². The lowest BCUT2D eigenvalue weighted by Crippen LogP contribution is -2.47. The number of halogens is 1. The van der Waals surface area contributed by atoms with E-state index in [0.717, 1.165) is 9.99 Å². The Morgan fingerprint density at radius 3 is 2.32 bits per heavy atom. The molecule has 0 unspecified atom stereocenters. The number of carbonyl (C=O) groups is 1. The van der Waals surface area contributed by atoms with Crippen LogP contribution in [0, 0.1) is 8.99 Å². The lowest BCUT2D eigenvalue weighted by atomic mass is 9.69. The summed E-state index contributed by atoms with van der Waals surface area (Å²) in [6, 6.07) is 6.42. The SMILES string of the molecule is O=C(O)C1(CNS(=O)(=O)c2ccc(I)cc2)CCC1. The summed E-state index contributed by atoms with van der Waals surface area (Å²) >= 11 is 2.09.